The minimum absolute atomic E-state index is 0.196. The summed E-state index contributed by atoms with van der Waals surface area (Å²) in [6.45, 7) is 4.21. The maximum atomic E-state index is 6.31. The van der Waals surface area contributed by atoms with Crippen LogP contribution in [0.1, 0.15) is 26.7 Å². The van der Waals surface area contributed by atoms with Crippen molar-refractivity contribution in [1.82, 2.24) is 10.0 Å². The predicted molar refractivity (Wildman–Crippen MR) is 79.4 cm³/mol. The van der Waals surface area contributed by atoms with Crippen LogP contribution in [0.2, 0.25) is 0 Å². The second-order valence-corrected chi connectivity index (χ2v) is 6.38. The average molecular weight is 296 g/mol. The number of nitrogens with zero attached hydrogens (tertiary/aromatic N) is 2. The van der Waals surface area contributed by atoms with Gasteiger partial charge in [0.2, 0.25) is 11.9 Å². The largest absolute Gasteiger partial charge is 0.368 e. The molecule has 17 heavy (non-hydrogen) atoms. The number of nitrogens with two attached hydrogens (primary N) is 1. The van der Waals surface area contributed by atoms with Crippen LogP contribution >= 0.6 is 35.3 Å². The molecule has 1 rings (SSSR count). The fourth-order valence-corrected chi connectivity index (χ4v) is 2.81. The van der Waals surface area contributed by atoms with Gasteiger partial charge >= 0.3 is 0 Å². The van der Waals surface area contributed by atoms with Crippen molar-refractivity contribution < 1.29 is 0 Å². The fraction of sp³-hybridized carbons (Fsp3) is 0.778. The summed E-state index contributed by atoms with van der Waals surface area (Å²) in [6.07, 6.45) is 2.12. The van der Waals surface area contributed by atoms with Gasteiger partial charge in [-0.2, -0.15) is 9.98 Å². The van der Waals surface area contributed by atoms with E-state index >= 15 is 0 Å². The lowest BCUT2D eigenvalue weighted by Crippen LogP contribution is -2.49. The highest BCUT2D eigenvalue weighted by molar-refractivity contribution is 8.01. The van der Waals surface area contributed by atoms with E-state index in [1.54, 1.807) is 11.9 Å². The molecule has 0 aromatic rings. The number of hydrogen-bond acceptors (Lipinski definition) is 7. The first-order valence-corrected chi connectivity index (χ1v) is 7.87. The van der Waals surface area contributed by atoms with E-state index in [1.165, 1.54) is 11.8 Å². The second-order valence-electron chi connectivity index (χ2n) is 3.42. The number of nitrogens with one attached hydrogen (secondary N) is 2. The second kappa shape index (κ2) is 7.23. The highest BCUT2D eigenvalue weighted by Gasteiger charge is 2.31. The average Bonchev–Trinajstić information content (AvgIpc) is 2.26. The molecule has 1 aliphatic rings. The van der Waals surface area contributed by atoms with E-state index in [-0.39, 0.29) is 5.96 Å². The molecule has 4 N–H and O–H groups in total. The molecule has 5 nitrogen and oxygen atoms in total. The molecule has 1 aliphatic heterocycles. The number of thioether (sulfide) groups is 1. The van der Waals surface area contributed by atoms with Crippen LogP contribution in [0, 0.1) is 0 Å². The van der Waals surface area contributed by atoms with Gasteiger partial charge in [-0.3, -0.25) is 4.72 Å². The van der Waals surface area contributed by atoms with Crippen molar-refractivity contribution in [3.63, 3.8) is 0 Å². The van der Waals surface area contributed by atoms with Crippen LogP contribution in [0.15, 0.2) is 9.98 Å². The summed E-state index contributed by atoms with van der Waals surface area (Å²) in [4.78, 5) is 8.17. The number of alkyl halides is 1. The molecule has 98 valence electrons. The van der Waals surface area contributed by atoms with Crippen LogP contribution in [-0.4, -0.2) is 27.9 Å². The Kier molecular flexibility index (Phi) is 6.29. The Morgan fingerprint density at radius 1 is 1.41 bits per heavy atom. The van der Waals surface area contributed by atoms with Crippen molar-refractivity contribution >= 4 is 47.2 Å². The highest BCUT2D eigenvalue weighted by Crippen LogP contribution is 2.30. The Labute approximate surface area is 116 Å². The highest BCUT2D eigenvalue weighted by atomic mass is 35.5. The normalized spacial score (nSPS) is 23.7. The van der Waals surface area contributed by atoms with E-state index in [9.17, 15) is 0 Å². The zero-order valence-electron chi connectivity index (χ0n) is 9.99. The first-order chi connectivity index (χ1) is 8.09. The molecule has 1 atom stereocenters. The van der Waals surface area contributed by atoms with E-state index < -0.39 is 4.45 Å². The van der Waals surface area contributed by atoms with Gasteiger partial charge in [0.15, 0.2) is 0 Å². The molecule has 1 heterocycles. The molecule has 0 fully saturated rings. The van der Waals surface area contributed by atoms with Crippen molar-refractivity contribution in [1.29, 1.82) is 0 Å². The van der Waals surface area contributed by atoms with Gasteiger partial charge in [0, 0.05) is 5.75 Å². The van der Waals surface area contributed by atoms with Crippen molar-refractivity contribution in [2.75, 3.05) is 11.5 Å². The van der Waals surface area contributed by atoms with Crippen LogP contribution in [-0.2, 0) is 0 Å². The summed E-state index contributed by atoms with van der Waals surface area (Å²) in [5.74, 6) is 2.66. The summed E-state index contributed by atoms with van der Waals surface area (Å²) >= 11 is 9.38. The standard InChI is InChI=1S/C9H18ClN5S2/c1-3-5-16-9(10)13-7(11)12-8(14-9)15-17-6-4-2/h3-6H2,1-2H3,(H4,11,12,13,14,15). The minimum Gasteiger partial charge on any atom is -0.368 e. The van der Waals surface area contributed by atoms with Gasteiger partial charge in [-0.25, -0.2) is 0 Å². The Morgan fingerprint density at radius 3 is 2.76 bits per heavy atom. The molecule has 0 aliphatic carbocycles. The van der Waals surface area contributed by atoms with E-state index in [0.717, 1.165) is 24.3 Å². The zero-order chi connectivity index (χ0) is 12.7. The van der Waals surface area contributed by atoms with Gasteiger partial charge in [-0.15, -0.1) is 0 Å². The van der Waals surface area contributed by atoms with Crippen molar-refractivity contribution in [3.8, 4) is 0 Å². The summed E-state index contributed by atoms with van der Waals surface area (Å²) in [7, 11) is 0. The topological polar surface area (TPSA) is 74.8 Å². The van der Waals surface area contributed by atoms with Gasteiger partial charge in [0.1, 0.15) is 0 Å². The Hall–Kier alpha value is -0.270. The van der Waals surface area contributed by atoms with E-state index in [4.69, 9.17) is 17.3 Å². The molecule has 1 unspecified atom stereocenters. The maximum Gasteiger partial charge on any atom is 0.261 e. The van der Waals surface area contributed by atoms with Crippen LogP contribution in [0.5, 0.6) is 0 Å². The monoisotopic (exact) mass is 295 g/mol. The van der Waals surface area contributed by atoms with E-state index in [2.05, 4.69) is 33.9 Å². The third-order valence-electron chi connectivity index (χ3n) is 1.73. The molecular weight excluding hydrogens is 278 g/mol. The molecule has 0 bridgehead atoms. The van der Waals surface area contributed by atoms with Gasteiger partial charge in [0.05, 0.1) is 0 Å². The lowest BCUT2D eigenvalue weighted by molar-refractivity contribution is 0.754. The molecule has 0 saturated heterocycles. The number of rotatable bonds is 6. The molecular formula is C9H18ClN5S2. The summed E-state index contributed by atoms with van der Waals surface area (Å²) in [5, 5.41) is 3.03. The predicted octanol–water partition coefficient (Wildman–Crippen LogP) is 1.90. The van der Waals surface area contributed by atoms with E-state index in [1.807, 2.05) is 0 Å². The van der Waals surface area contributed by atoms with Crippen LogP contribution in [0.3, 0.4) is 0 Å². The number of hydrogen-bond donors (Lipinski definition) is 3. The van der Waals surface area contributed by atoms with Crippen molar-refractivity contribution in [2.24, 2.45) is 15.7 Å². The SMILES string of the molecule is CCCSNC1=NC(N)=NC(Cl)(SCCC)N1. The van der Waals surface area contributed by atoms with Gasteiger partial charge in [-0.05, 0) is 18.6 Å². The fourth-order valence-electron chi connectivity index (χ4n) is 1.06. The third kappa shape index (κ3) is 5.27. The number of halogens is 1. The molecule has 0 aromatic heterocycles. The molecule has 0 saturated carbocycles. The van der Waals surface area contributed by atoms with E-state index in [0.29, 0.717) is 5.96 Å². The number of aliphatic imine (C=N–C) groups is 2. The summed E-state index contributed by atoms with van der Waals surface area (Å²) < 4.78 is 2.15. The van der Waals surface area contributed by atoms with Crippen molar-refractivity contribution in [3.05, 3.63) is 0 Å². The van der Waals surface area contributed by atoms with Crippen LogP contribution in [0.4, 0.5) is 0 Å². The van der Waals surface area contributed by atoms with Crippen LogP contribution < -0.4 is 15.8 Å². The van der Waals surface area contributed by atoms with Crippen molar-refractivity contribution in [2.45, 2.75) is 31.1 Å². The lowest BCUT2D eigenvalue weighted by Gasteiger charge is -2.28. The van der Waals surface area contributed by atoms with Gasteiger partial charge in [-0.1, -0.05) is 49.2 Å². The quantitative estimate of drug-likeness (QED) is 0.302. The summed E-state index contributed by atoms with van der Waals surface area (Å²) in [6, 6.07) is 0. The molecule has 0 amide bonds. The summed E-state index contributed by atoms with van der Waals surface area (Å²) in [5.41, 5.74) is 5.65. The third-order valence-corrected chi connectivity index (χ3v) is 4.37. The Bertz CT molecular complexity index is 310. The Morgan fingerprint density at radius 2 is 2.12 bits per heavy atom. The van der Waals surface area contributed by atoms with Gasteiger partial charge < -0.3 is 11.1 Å². The lowest BCUT2D eigenvalue weighted by atomic mass is 10.6. The minimum atomic E-state index is -0.934. The Balaban J connectivity index is 2.55. The first kappa shape index (κ1) is 14.8. The first-order valence-electron chi connectivity index (χ1n) is 5.52. The molecule has 0 spiro atoms. The zero-order valence-corrected chi connectivity index (χ0v) is 12.4. The molecule has 0 aromatic carbocycles. The smallest absolute Gasteiger partial charge is 0.261 e. The van der Waals surface area contributed by atoms with Crippen LogP contribution in [0.25, 0.3) is 0 Å². The molecule has 8 heteroatoms. The maximum absolute atomic E-state index is 6.31. The van der Waals surface area contributed by atoms with Gasteiger partial charge in [0.25, 0.3) is 4.45 Å². The number of guanidine groups is 2. The molecule has 0 radical (unpaired) electrons.